The van der Waals surface area contributed by atoms with E-state index in [-0.39, 0.29) is 5.91 Å². The number of carbonyl (C=O) groups excluding carboxylic acids is 1. The molecule has 6 rings (SSSR count). The Bertz CT molecular complexity index is 1540. The first kappa shape index (κ1) is 24.8. The highest BCUT2D eigenvalue weighted by Gasteiger charge is 2.27. The van der Waals surface area contributed by atoms with Gasteiger partial charge in [0.1, 0.15) is 11.5 Å². The molecule has 0 radical (unpaired) electrons. The average Bonchev–Trinajstić information content (AvgIpc) is 3.71. The molecular weight excluding hydrogens is 510 g/mol. The van der Waals surface area contributed by atoms with E-state index in [1.807, 2.05) is 29.3 Å². The normalized spacial score (nSPS) is 14.2. The van der Waals surface area contributed by atoms with Crippen LogP contribution in [-0.4, -0.2) is 34.0 Å². The molecule has 38 heavy (non-hydrogen) atoms. The van der Waals surface area contributed by atoms with Crippen LogP contribution in [0.4, 0.5) is 0 Å². The van der Waals surface area contributed by atoms with Crippen LogP contribution in [0.3, 0.4) is 0 Å². The van der Waals surface area contributed by atoms with Crippen molar-refractivity contribution >= 4 is 28.6 Å². The topological polar surface area (TPSA) is 59.2 Å². The zero-order valence-corrected chi connectivity index (χ0v) is 23.1. The summed E-state index contributed by atoms with van der Waals surface area (Å²) in [4.78, 5) is 20.9. The molecule has 0 unspecified atom stereocenters. The van der Waals surface area contributed by atoms with E-state index in [9.17, 15) is 4.79 Å². The van der Waals surface area contributed by atoms with Crippen LogP contribution in [0.15, 0.2) is 75.9 Å². The molecule has 7 heteroatoms. The van der Waals surface area contributed by atoms with Gasteiger partial charge in [-0.3, -0.25) is 4.79 Å². The number of thiophene rings is 1. The summed E-state index contributed by atoms with van der Waals surface area (Å²) in [5, 5.41) is 9.72. The molecule has 4 heterocycles. The van der Waals surface area contributed by atoms with E-state index in [2.05, 4.69) is 66.0 Å². The van der Waals surface area contributed by atoms with Crippen molar-refractivity contribution in [2.24, 2.45) is 0 Å². The summed E-state index contributed by atoms with van der Waals surface area (Å²) in [7, 11) is 0. The van der Waals surface area contributed by atoms with Crippen molar-refractivity contribution in [2.45, 2.75) is 39.0 Å². The lowest BCUT2D eigenvalue weighted by Crippen LogP contribution is -2.38. The number of benzene rings is 2. The van der Waals surface area contributed by atoms with E-state index >= 15 is 0 Å². The minimum absolute atomic E-state index is 0.225. The molecule has 1 aliphatic rings. The number of piperidine rings is 1. The second-order valence-corrected chi connectivity index (χ2v) is 11.8. The van der Waals surface area contributed by atoms with Gasteiger partial charge in [-0.05, 0) is 55.3 Å². The molecule has 1 fully saturated rings. The van der Waals surface area contributed by atoms with E-state index in [4.69, 9.17) is 9.51 Å². The van der Waals surface area contributed by atoms with Crippen molar-refractivity contribution in [1.82, 2.24) is 15.0 Å². The number of hydrogen-bond acceptors (Lipinski definition) is 6. The molecular formula is C31H29N3O2S2. The van der Waals surface area contributed by atoms with Crippen LogP contribution in [0, 0.1) is 13.8 Å². The van der Waals surface area contributed by atoms with Crippen LogP contribution in [0.5, 0.6) is 0 Å². The van der Waals surface area contributed by atoms with Crippen LogP contribution in [0.25, 0.3) is 33.6 Å². The van der Waals surface area contributed by atoms with E-state index in [0.29, 0.717) is 12.3 Å². The molecule has 5 nitrogen and oxygen atoms in total. The molecule has 2 aromatic carbocycles. The summed E-state index contributed by atoms with van der Waals surface area (Å²) in [6.45, 7) is 5.62. The third kappa shape index (κ3) is 5.08. The molecule has 1 amide bonds. The molecule has 0 aliphatic carbocycles. The van der Waals surface area contributed by atoms with E-state index < -0.39 is 0 Å². The number of likely N-dealkylation sites (tertiary alicyclic amines) is 1. The number of hydrogen-bond donors (Lipinski definition) is 0. The van der Waals surface area contributed by atoms with Gasteiger partial charge in [-0.2, -0.15) is 0 Å². The first-order valence-corrected chi connectivity index (χ1v) is 14.7. The zero-order chi connectivity index (χ0) is 26.1. The lowest BCUT2D eigenvalue weighted by molar-refractivity contribution is -0.131. The first-order valence-electron chi connectivity index (χ1n) is 12.9. The fourth-order valence-electron chi connectivity index (χ4n) is 5.10. The SMILES string of the molecule is Cc1ccc(-c2cccc(-c3noc(C)c3-c3csc(C4CCN(C(=O)Cc5cccs5)CC4)n3)c2)cc1. The maximum Gasteiger partial charge on any atom is 0.227 e. The minimum atomic E-state index is 0.225. The molecule has 1 aliphatic heterocycles. The Morgan fingerprint density at radius 3 is 2.53 bits per heavy atom. The van der Waals surface area contributed by atoms with Crippen molar-refractivity contribution in [3.05, 3.63) is 92.6 Å². The number of amides is 1. The van der Waals surface area contributed by atoms with Gasteiger partial charge in [0.15, 0.2) is 0 Å². The van der Waals surface area contributed by atoms with Gasteiger partial charge >= 0.3 is 0 Å². The van der Waals surface area contributed by atoms with Gasteiger partial charge in [0.25, 0.3) is 0 Å². The fraction of sp³-hybridized carbons (Fsp3) is 0.258. The van der Waals surface area contributed by atoms with Crippen molar-refractivity contribution < 1.29 is 9.32 Å². The van der Waals surface area contributed by atoms with Gasteiger partial charge in [0.2, 0.25) is 5.91 Å². The van der Waals surface area contributed by atoms with Crippen LogP contribution in [0.1, 0.15) is 40.0 Å². The zero-order valence-electron chi connectivity index (χ0n) is 21.5. The highest BCUT2D eigenvalue weighted by Crippen LogP contribution is 2.39. The van der Waals surface area contributed by atoms with Gasteiger partial charge < -0.3 is 9.42 Å². The second kappa shape index (κ2) is 10.7. The predicted molar refractivity (Wildman–Crippen MR) is 155 cm³/mol. The average molecular weight is 540 g/mol. The standard InChI is InChI=1S/C31H29N3O2S2/c1-20-8-10-22(11-9-20)24-5-3-6-25(17-24)30-29(21(2)36-33-30)27-19-38-31(32-27)23-12-14-34(15-13-23)28(35)18-26-7-4-16-37-26/h3-11,16-17,19,23H,12-15,18H2,1-2H3. The molecule has 0 bridgehead atoms. The second-order valence-electron chi connectivity index (χ2n) is 9.89. The molecule has 0 N–H and O–H groups in total. The van der Waals surface area contributed by atoms with Crippen molar-refractivity contribution in [3.8, 4) is 33.6 Å². The smallest absolute Gasteiger partial charge is 0.227 e. The molecule has 192 valence electrons. The Labute approximate surface area is 230 Å². The summed E-state index contributed by atoms with van der Waals surface area (Å²) in [6.07, 6.45) is 2.39. The number of nitrogens with zero attached hydrogens (tertiary/aromatic N) is 3. The maximum atomic E-state index is 12.7. The van der Waals surface area contributed by atoms with Gasteiger partial charge in [-0.1, -0.05) is 59.3 Å². The van der Waals surface area contributed by atoms with Crippen molar-refractivity contribution in [2.75, 3.05) is 13.1 Å². The summed E-state index contributed by atoms with van der Waals surface area (Å²) in [5.41, 5.74) is 7.27. The van der Waals surface area contributed by atoms with E-state index in [0.717, 1.165) is 69.7 Å². The lowest BCUT2D eigenvalue weighted by Gasteiger charge is -2.31. The number of aromatic nitrogens is 2. The highest BCUT2D eigenvalue weighted by atomic mass is 32.1. The maximum absolute atomic E-state index is 12.7. The first-order chi connectivity index (χ1) is 18.5. The number of aryl methyl sites for hydroxylation is 2. The molecule has 0 atom stereocenters. The van der Waals surface area contributed by atoms with Gasteiger partial charge in [-0.25, -0.2) is 4.98 Å². The fourth-order valence-corrected chi connectivity index (χ4v) is 6.78. The predicted octanol–water partition coefficient (Wildman–Crippen LogP) is 7.76. The minimum Gasteiger partial charge on any atom is -0.360 e. The lowest BCUT2D eigenvalue weighted by atomic mass is 9.97. The highest BCUT2D eigenvalue weighted by molar-refractivity contribution is 7.10. The van der Waals surface area contributed by atoms with Crippen LogP contribution in [-0.2, 0) is 11.2 Å². The number of thiazole rings is 1. The quantitative estimate of drug-likeness (QED) is 0.221. The Kier molecular flexibility index (Phi) is 6.96. The van der Waals surface area contributed by atoms with Crippen LogP contribution in [0.2, 0.25) is 0 Å². The number of carbonyl (C=O) groups is 1. The van der Waals surface area contributed by atoms with Crippen LogP contribution < -0.4 is 0 Å². The largest absolute Gasteiger partial charge is 0.360 e. The molecule has 1 saturated heterocycles. The third-order valence-corrected chi connectivity index (χ3v) is 9.15. The monoisotopic (exact) mass is 539 g/mol. The summed E-state index contributed by atoms with van der Waals surface area (Å²) < 4.78 is 5.68. The van der Waals surface area contributed by atoms with E-state index in [1.54, 1.807) is 22.7 Å². The Morgan fingerprint density at radius 1 is 0.974 bits per heavy atom. The Balaban J connectivity index is 1.19. The molecule has 3 aromatic heterocycles. The third-order valence-electron chi connectivity index (χ3n) is 7.26. The van der Waals surface area contributed by atoms with Crippen LogP contribution >= 0.6 is 22.7 Å². The molecule has 5 aromatic rings. The summed E-state index contributed by atoms with van der Waals surface area (Å²) in [6, 6.07) is 21.0. The Hall–Kier alpha value is -3.55. The molecule has 0 spiro atoms. The van der Waals surface area contributed by atoms with Crippen molar-refractivity contribution in [3.63, 3.8) is 0 Å². The Morgan fingerprint density at radius 2 is 1.76 bits per heavy atom. The molecule has 0 saturated carbocycles. The van der Waals surface area contributed by atoms with Gasteiger partial charge in [0.05, 0.1) is 22.7 Å². The van der Waals surface area contributed by atoms with E-state index in [1.165, 1.54) is 11.1 Å². The van der Waals surface area contributed by atoms with Gasteiger partial charge in [-0.15, -0.1) is 22.7 Å². The summed E-state index contributed by atoms with van der Waals surface area (Å²) >= 11 is 3.35. The van der Waals surface area contributed by atoms with Crippen molar-refractivity contribution in [1.29, 1.82) is 0 Å². The number of rotatable bonds is 6. The summed E-state index contributed by atoms with van der Waals surface area (Å²) in [5.74, 6) is 1.36. The van der Waals surface area contributed by atoms with Gasteiger partial charge in [0, 0.05) is 34.8 Å².